The van der Waals surface area contributed by atoms with E-state index in [9.17, 15) is 4.79 Å². The van der Waals surface area contributed by atoms with Crippen LogP contribution < -0.4 is 5.32 Å². The molecule has 0 aromatic heterocycles. The second kappa shape index (κ2) is 12.8. The molecule has 0 radical (unpaired) electrons. The van der Waals surface area contributed by atoms with Gasteiger partial charge < -0.3 is 10.2 Å². The van der Waals surface area contributed by atoms with Crippen molar-refractivity contribution >= 4 is 11.7 Å². The molecule has 0 aromatic carbocycles. The van der Waals surface area contributed by atoms with Gasteiger partial charge in [0.15, 0.2) is 0 Å². The van der Waals surface area contributed by atoms with Crippen molar-refractivity contribution in [2.45, 2.75) is 105 Å². The fraction of sp³-hybridized carbons (Fsp3) is 0.750. The van der Waals surface area contributed by atoms with Crippen LogP contribution in [0.25, 0.3) is 0 Å². The number of hydrogen-bond donors (Lipinski definition) is 1. The van der Waals surface area contributed by atoms with Crippen molar-refractivity contribution in [3.63, 3.8) is 0 Å². The van der Waals surface area contributed by atoms with E-state index in [2.05, 4.69) is 32.7 Å². The third-order valence-electron chi connectivity index (χ3n) is 5.83. The molecule has 1 saturated carbocycles. The molecule has 0 aliphatic heterocycles. The number of carbonyl (C=O) groups is 1. The fourth-order valence-corrected chi connectivity index (χ4v) is 3.65. The highest BCUT2D eigenvalue weighted by Crippen LogP contribution is 2.22. The van der Waals surface area contributed by atoms with Crippen LogP contribution in [-0.4, -0.2) is 29.2 Å². The Labute approximate surface area is 173 Å². The molecular formula is C24H43N3O. The van der Waals surface area contributed by atoms with Gasteiger partial charge in [-0.3, -0.25) is 9.79 Å². The molecule has 160 valence electrons. The molecule has 0 aromatic rings. The lowest BCUT2D eigenvalue weighted by molar-refractivity contribution is -0.125. The van der Waals surface area contributed by atoms with Gasteiger partial charge in [-0.05, 0) is 52.9 Å². The van der Waals surface area contributed by atoms with Gasteiger partial charge in [-0.25, -0.2) is 0 Å². The highest BCUT2D eigenvalue weighted by atomic mass is 16.2. The zero-order valence-corrected chi connectivity index (χ0v) is 19.2. The topological polar surface area (TPSA) is 44.7 Å². The molecule has 1 amide bonds. The van der Waals surface area contributed by atoms with Gasteiger partial charge in [-0.15, -0.1) is 0 Å². The van der Waals surface area contributed by atoms with Crippen LogP contribution in [0, 0.1) is 5.92 Å². The summed E-state index contributed by atoms with van der Waals surface area (Å²) < 4.78 is 0. The monoisotopic (exact) mass is 389 g/mol. The predicted molar refractivity (Wildman–Crippen MR) is 121 cm³/mol. The zero-order valence-electron chi connectivity index (χ0n) is 19.2. The molecule has 4 heteroatoms. The number of hydrogen-bond acceptors (Lipinski definition) is 2. The van der Waals surface area contributed by atoms with E-state index < -0.39 is 0 Å². The predicted octanol–water partition coefficient (Wildman–Crippen LogP) is 6.20. The summed E-state index contributed by atoms with van der Waals surface area (Å²) in [6.45, 7) is 17.1. The largest absolute Gasteiger partial charge is 0.347 e. The number of allylic oxidation sites excluding steroid dienone is 2. The van der Waals surface area contributed by atoms with E-state index in [1.807, 2.05) is 20.8 Å². The first kappa shape index (κ1) is 24.5. The van der Waals surface area contributed by atoms with Crippen LogP contribution in [-0.2, 0) is 4.79 Å². The first-order chi connectivity index (χ1) is 13.3. The van der Waals surface area contributed by atoms with Crippen molar-refractivity contribution in [3.05, 3.63) is 23.5 Å². The van der Waals surface area contributed by atoms with Gasteiger partial charge in [-0.2, -0.15) is 0 Å². The van der Waals surface area contributed by atoms with E-state index >= 15 is 0 Å². The van der Waals surface area contributed by atoms with E-state index in [1.165, 1.54) is 32.1 Å². The molecule has 1 unspecified atom stereocenters. The Morgan fingerprint density at radius 2 is 1.82 bits per heavy atom. The van der Waals surface area contributed by atoms with E-state index in [0.717, 1.165) is 48.5 Å². The number of nitrogens with one attached hydrogen (secondary N) is 1. The Kier molecular flexibility index (Phi) is 11.2. The Morgan fingerprint density at radius 3 is 2.32 bits per heavy atom. The summed E-state index contributed by atoms with van der Waals surface area (Å²) in [7, 11) is 0. The summed E-state index contributed by atoms with van der Waals surface area (Å²) in [6, 6.07) is 0.427. The van der Waals surface area contributed by atoms with Gasteiger partial charge in [0.2, 0.25) is 0 Å². The number of carbonyl (C=O) groups excluding carboxylic acids is 1. The summed E-state index contributed by atoms with van der Waals surface area (Å²) in [6.07, 6.45) is 10.3. The minimum Gasteiger partial charge on any atom is -0.347 e. The Balaban J connectivity index is 3.18. The highest BCUT2D eigenvalue weighted by molar-refractivity contribution is 5.96. The zero-order chi connectivity index (χ0) is 21.1. The fourth-order valence-electron chi connectivity index (χ4n) is 3.65. The minimum atomic E-state index is 0.0507. The number of unbranched alkanes of at least 4 members (excludes halogenated alkanes) is 1. The molecule has 0 bridgehead atoms. The second-order valence-electron chi connectivity index (χ2n) is 8.23. The van der Waals surface area contributed by atoms with Crippen molar-refractivity contribution in [3.8, 4) is 0 Å². The van der Waals surface area contributed by atoms with Crippen LogP contribution in [0.5, 0.6) is 0 Å². The molecule has 1 atom stereocenters. The quantitative estimate of drug-likeness (QED) is 0.275. The van der Waals surface area contributed by atoms with Crippen LogP contribution in [0.2, 0.25) is 0 Å². The number of aliphatic imine (C=N–C) groups is 1. The summed E-state index contributed by atoms with van der Waals surface area (Å²) in [5.41, 5.74) is 2.61. The third kappa shape index (κ3) is 7.44. The third-order valence-corrected chi connectivity index (χ3v) is 5.83. The lowest BCUT2D eigenvalue weighted by Gasteiger charge is -2.26. The van der Waals surface area contributed by atoms with E-state index in [-0.39, 0.29) is 5.91 Å². The van der Waals surface area contributed by atoms with Gasteiger partial charge >= 0.3 is 0 Å². The van der Waals surface area contributed by atoms with Crippen molar-refractivity contribution in [2.75, 3.05) is 6.54 Å². The van der Waals surface area contributed by atoms with Gasteiger partial charge in [0, 0.05) is 29.4 Å². The Hall–Kier alpha value is -1.58. The molecule has 1 aliphatic rings. The molecule has 1 aliphatic carbocycles. The van der Waals surface area contributed by atoms with Crippen molar-refractivity contribution in [1.82, 2.24) is 10.2 Å². The average molecular weight is 390 g/mol. The number of likely N-dealkylation sites (N-methyl/N-ethyl adjacent to an activating group) is 1. The minimum absolute atomic E-state index is 0.0507. The summed E-state index contributed by atoms with van der Waals surface area (Å²) >= 11 is 0. The summed E-state index contributed by atoms with van der Waals surface area (Å²) in [5.74, 6) is 1.48. The van der Waals surface area contributed by atoms with Crippen LogP contribution in [0.1, 0.15) is 99.3 Å². The smallest absolute Gasteiger partial charge is 0.255 e. The van der Waals surface area contributed by atoms with Gasteiger partial charge in [0.1, 0.15) is 5.84 Å². The number of amidine groups is 1. The first-order valence-corrected chi connectivity index (χ1v) is 11.4. The molecular weight excluding hydrogens is 346 g/mol. The van der Waals surface area contributed by atoms with Gasteiger partial charge in [0.25, 0.3) is 5.91 Å². The SMILES string of the molecule is C=C(C)N(CC)C(=O)/C(C)=C(\CCCC)NC(=NC1CCCCC1)C(C)CC. The van der Waals surface area contributed by atoms with Crippen molar-refractivity contribution in [2.24, 2.45) is 10.9 Å². The molecule has 1 rings (SSSR count). The highest BCUT2D eigenvalue weighted by Gasteiger charge is 2.21. The van der Waals surface area contributed by atoms with Crippen molar-refractivity contribution < 1.29 is 4.79 Å². The maximum Gasteiger partial charge on any atom is 0.255 e. The molecule has 0 saturated heterocycles. The molecule has 0 spiro atoms. The Bertz CT molecular complexity index is 570. The maximum absolute atomic E-state index is 13.1. The van der Waals surface area contributed by atoms with E-state index in [1.54, 1.807) is 4.90 Å². The lowest BCUT2D eigenvalue weighted by Crippen LogP contribution is -2.35. The van der Waals surface area contributed by atoms with E-state index in [4.69, 9.17) is 4.99 Å². The number of nitrogens with zero attached hydrogens (tertiary/aromatic N) is 2. The van der Waals surface area contributed by atoms with E-state index in [0.29, 0.717) is 18.5 Å². The first-order valence-electron chi connectivity index (χ1n) is 11.4. The molecule has 1 fully saturated rings. The van der Waals surface area contributed by atoms with Gasteiger partial charge in [-0.1, -0.05) is 53.0 Å². The maximum atomic E-state index is 13.1. The number of amides is 1. The Morgan fingerprint density at radius 1 is 1.18 bits per heavy atom. The second-order valence-corrected chi connectivity index (χ2v) is 8.23. The van der Waals surface area contributed by atoms with Crippen molar-refractivity contribution in [1.29, 1.82) is 0 Å². The molecule has 28 heavy (non-hydrogen) atoms. The van der Waals surface area contributed by atoms with Gasteiger partial charge in [0.05, 0.1) is 6.04 Å². The van der Waals surface area contributed by atoms with Crippen LogP contribution in [0.4, 0.5) is 0 Å². The number of rotatable bonds is 10. The van der Waals surface area contributed by atoms with Crippen LogP contribution in [0.15, 0.2) is 28.5 Å². The summed E-state index contributed by atoms with van der Waals surface area (Å²) in [5, 5.41) is 3.64. The molecule has 1 N–H and O–H groups in total. The van der Waals surface area contributed by atoms with Crippen LogP contribution in [0.3, 0.4) is 0 Å². The van der Waals surface area contributed by atoms with Crippen LogP contribution >= 0.6 is 0 Å². The normalized spacial score (nSPS) is 17.7. The molecule has 4 nitrogen and oxygen atoms in total. The average Bonchev–Trinajstić information content (AvgIpc) is 2.69. The summed E-state index contributed by atoms with van der Waals surface area (Å²) in [4.78, 5) is 19.9. The standard InChI is InChI=1S/C24H43N3O/c1-8-11-17-22(20(7)24(28)27(10-3)18(4)5)26-23(19(6)9-2)25-21-15-13-12-14-16-21/h19,21H,4,8-17H2,1-3,5-7H3,(H,25,26)/b22-20+. The molecule has 0 heterocycles. The lowest BCUT2D eigenvalue weighted by atomic mass is 9.95.